The minimum absolute atomic E-state index is 0.0615. The molecule has 0 saturated carbocycles. The van der Waals surface area contributed by atoms with Gasteiger partial charge in [-0.25, -0.2) is 0 Å². The fraction of sp³-hybridized carbons (Fsp3) is 0.467. The molecule has 4 N–H and O–H groups in total. The van der Waals surface area contributed by atoms with E-state index in [1.165, 1.54) is 12.5 Å². The Kier molecular flexibility index (Phi) is 6.56. The van der Waals surface area contributed by atoms with Gasteiger partial charge in [-0.15, -0.1) is 0 Å². The van der Waals surface area contributed by atoms with E-state index in [0.29, 0.717) is 11.9 Å². The van der Waals surface area contributed by atoms with Crippen molar-refractivity contribution < 1.29 is 4.79 Å². The van der Waals surface area contributed by atoms with Gasteiger partial charge < -0.3 is 16.4 Å². The van der Waals surface area contributed by atoms with Crippen molar-refractivity contribution in [3.8, 4) is 0 Å². The number of carbonyl (C=O) groups excluding carboxylic acids is 1. The van der Waals surface area contributed by atoms with Crippen molar-refractivity contribution in [3.63, 3.8) is 0 Å². The number of carbonyl (C=O) groups is 1. The Morgan fingerprint density at radius 3 is 2.50 bits per heavy atom. The van der Waals surface area contributed by atoms with E-state index >= 15 is 0 Å². The minimum Gasteiger partial charge on any atom is -0.370 e. The van der Waals surface area contributed by atoms with Gasteiger partial charge in [-0.05, 0) is 30.0 Å². The molecule has 0 bridgehead atoms. The number of benzene rings is 1. The van der Waals surface area contributed by atoms with Crippen LogP contribution >= 0.6 is 0 Å². The molecule has 0 heterocycles. The zero-order valence-corrected chi connectivity index (χ0v) is 12.4. The summed E-state index contributed by atoms with van der Waals surface area (Å²) in [4.78, 5) is 15.1. The highest BCUT2D eigenvalue weighted by Crippen LogP contribution is 2.09. The van der Waals surface area contributed by atoms with E-state index in [2.05, 4.69) is 29.5 Å². The number of aliphatic imine (C=N–C) groups is 1. The van der Waals surface area contributed by atoms with Crippen LogP contribution in [0.3, 0.4) is 0 Å². The largest absolute Gasteiger partial charge is 0.370 e. The van der Waals surface area contributed by atoms with Crippen molar-refractivity contribution in [2.45, 2.75) is 27.2 Å². The van der Waals surface area contributed by atoms with Gasteiger partial charge in [0.05, 0.1) is 0 Å². The summed E-state index contributed by atoms with van der Waals surface area (Å²) in [5.74, 6) is 0.943. The predicted molar refractivity (Wildman–Crippen MR) is 83.8 cm³/mol. The molecule has 0 spiro atoms. The normalized spacial score (nSPS) is 11.5. The van der Waals surface area contributed by atoms with E-state index in [9.17, 15) is 4.79 Å². The molecule has 110 valence electrons. The summed E-state index contributed by atoms with van der Waals surface area (Å²) in [6.07, 6.45) is 0.859. The van der Waals surface area contributed by atoms with Gasteiger partial charge in [-0.1, -0.05) is 26.0 Å². The van der Waals surface area contributed by atoms with Crippen LogP contribution in [0.4, 0.5) is 5.69 Å². The zero-order chi connectivity index (χ0) is 15.0. The molecule has 0 atom stereocenters. The topological polar surface area (TPSA) is 79.5 Å². The molecule has 0 aliphatic heterocycles. The number of hydrogen-bond acceptors (Lipinski definition) is 2. The fourth-order valence-corrected chi connectivity index (χ4v) is 1.63. The molecule has 1 rings (SSSR count). The van der Waals surface area contributed by atoms with E-state index in [-0.39, 0.29) is 5.91 Å². The van der Waals surface area contributed by atoms with Gasteiger partial charge in [0.1, 0.15) is 0 Å². The first-order chi connectivity index (χ1) is 9.47. The second kappa shape index (κ2) is 8.19. The number of hydrogen-bond donors (Lipinski definition) is 3. The third-order valence-corrected chi connectivity index (χ3v) is 2.62. The number of guanidine groups is 1. The monoisotopic (exact) mass is 276 g/mol. The van der Waals surface area contributed by atoms with Crippen molar-refractivity contribution in [2.24, 2.45) is 16.6 Å². The first kappa shape index (κ1) is 16.0. The van der Waals surface area contributed by atoms with Gasteiger partial charge in [0.2, 0.25) is 5.91 Å². The first-order valence-corrected chi connectivity index (χ1v) is 6.87. The van der Waals surface area contributed by atoms with Gasteiger partial charge in [0.25, 0.3) is 0 Å². The molecule has 1 aromatic carbocycles. The fourth-order valence-electron chi connectivity index (χ4n) is 1.63. The summed E-state index contributed by atoms with van der Waals surface area (Å²) in [7, 11) is 0. The molecule has 0 saturated heterocycles. The van der Waals surface area contributed by atoms with Crippen LogP contribution < -0.4 is 16.4 Å². The first-order valence-electron chi connectivity index (χ1n) is 6.87. The lowest BCUT2D eigenvalue weighted by Crippen LogP contribution is -2.33. The van der Waals surface area contributed by atoms with Crippen molar-refractivity contribution in [2.75, 3.05) is 18.4 Å². The third-order valence-electron chi connectivity index (χ3n) is 2.62. The zero-order valence-electron chi connectivity index (χ0n) is 12.4. The Morgan fingerprint density at radius 1 is 1.30 bits per heavy atom. The van der Waals surface area contributed by atoms with Crippen LogP contribution in [0.1, 0.15) is 26.3 Å². The third kappa shape index (κ3) is 6.78. The molecular weight excluding hydrogens is 252 g/mol. The highest BCUT2D eigenvalue weighted by Gasteiger charge is 1.98. The lowest BCUT2D eigenvalue weighted by molar-refractivity contribution is -0.114. The summed E-state index contributed by atoms with van der Waals surface area (Å²) in [5, 5.41) is 5.83. The number of nitrogens with two attached hydrogens (primary N) is 1. The number of amides is 1. The maximum Gasteiger partial charge on any atom is 0.221 e. The summed E-state index contributed by atoms with van der Waals surface area (Å²) >= 11 is 0. The molecular formula is C15H24N4O. The van der Waals surface area contributed by atoms with Crippen molar-refractivity contribution in [1.29, 1.82) is 0 Å². The summed E-state index contributed by atoms with van der Waals surface area (Å²) in [6.45, 7) is 7.19. The molecule has 0 aromatic heterocycles. The van der Waals surface area contributed by atoms with Crippen LogP contribution in [0.5, 0.6) is 0 Å². The summed E-state index contributed by atoms with van der Waals surface area (Å²) < 4.78 is 0. The van der Waals surface area contributed by atoms with E-state index < -0.39 is 0 Å². The van der Waals surface area contributed by atoms with Crippen LogP contribution in [-0.2, 0) is 11.2 Å². The molecule has 1 aromatic rings. The number of anilines is 1. The van der Waals surface area contributed by atoms with Gasteiger partial charge >= 0.3 is 0 Å². The van der Waals surface area contributed by atoms with Crippen LogP contribution in [0.25, 0.3) is 0 Å². The summed E-state index contributed by atoms with van der Waals surface area (Å²) in [6, 6.07) is 7.78. The van der Waals surface area contributed by atoms with Crippen LogP contribution in [0.15, 0.2) is 29.3 Å². The Balaban J connectivity index is 2.35. The maximum atomic E-state index is 10.9. The molecule has 0 unspecified atom stereocenters. The van der Waals surface area contributed by atoms with E-state index in [1.54, 1.807) is 0 Å². The van der Waals surface area contributed by atoms with Crippen molar-refractivity contribution >= 4 is 17.6 Å². The lowest BCUT2D eigenvalue weighted by Gasteiger charge is -2.07. The second-order valence-corrected chi connectivity index (χ2v) is 5.17. The molecule has 0 fully saturated rings. The lowest BCUT2D eigenvalue weighted by atomic mass is 10.1. The minimum atomic E-state index is -0.0615. The van der Waals surface area contributed by atoms with Crippen molar-refractivity contribution in [3.05, 3.63) is 29.8 Å². The Morgan fingerprint density at radius 2 is 1.95 bits per heavy atom. The number of rotatable bonds is 6. The second-order valence-electron chi connectivity index (χ2n) is 5.17. The molecule has 0 aliphatic carbocycles. The molecule has 5 heteroatoms. The average molecular weight is 276 g/mol. The van der Waals surface area contributed by atoms with E-state index in [1.807, 2.05) is 24.3 Å². The Labute approximate surface area is 120 Å². The molecule has 0 radical (unpaired) electrons. The molecule has 1 amide bonds. The predicted octanol–water partition coefficient (Wildman–Crippen LogP) is 1.75. The average Bonchev–Trinajstić information content (AvgIpc) is 2.38. The number of nitrogens with zero attached hydrogens (tertiary/aromatic N) is 1. The van der Waals surface area contributed by atoms with Crippen LogP contribution in [0.2, 0.25) is 0 Å². The smallest absolute Gasteiger partial charge is 0.221 e. The van der Waals surface area contributed by atoms with Crippen LogP contribution in [-0.4, -0.2) is 25.0 Å². The summed E-state index contributed by atoms with van der Waals surface area (Å²) in [5.41, 5.74) is 7.75. The highest BCUT2D eigenvalue weighted by molar-refractivity contribution is 5.88. The molecule has 5 nitrogen and oxygen atoms in total. The number of nitrogens with one attached hydrogen (secondary N) is 2. The molecule has 20 heavy (non-hydrogen) atoms. The van der Waals surface area contributed by atoms with Gasteiger partial charge in [0, 0.05) is 25.7 Å². The van der Waals surface area contributed by atoms with Gasteiger partial charge in [-0.2, -0.15) is 0 Å². The molecule has 0 aliphatic rings. The maximum absolute atomic E-state index is 10.9. The Bertz CT molecular complexity index is 451. The van der Waals surface area contributed by atoms with Crippen LogP contribution in [0, 0.1) is 5.92 Å². The standard InChI is InChI=1S/C15H24N4O/c1-11(2)10-18-15(16)17-9-8-13-4-6-14(7-5-13)19-12(3)20/h4-7,11H,8-10H2,1-3H3,(H,19,20)(H3,16,17,18). The van der Waals surface area contributed by atoms with E-state index in [0.717, 1.165) is 25.2 Å². The van der Waals surface area contributed by atoms with Gasteiger partial charge in [-0.3, -0.25) is 9.79 Å². The Hall–Kier alpha value is -2.04. The quantitative estimate of drug-likeness (QED) is 0.547. The SMILES string of the molecule is CC(=O)Nc1ccc(CCNC(N)=NCC(C)C)cc1. The van der Waals surface area contributed by atoms with Gasteiger partial charge in [0.15, 0.2) is 5.96 Å². The van der Waals surface area contributed by atoms with Crippen molar-refractivity contribution in [1.82, 2.24) is 5.32 Å². The van der Waals surface area contributed by atoms with E-state index in [4.69, 9.17) is 5.73 Å². The highest BCUT2D eigenvalue weighted by atomic mass is 16.1.